The molecule has 96 valence electrons. The second-order valence-corrected chi connectivity index (χ2v) is 4.91. The van der Waals surface area contributed by atoms with Gasteiger partial charge in [0, 0.05) is 26.2 Å². The maximum absolute atomic E-state index is 5.48. The van der Waals surface area contributed by atoms with Gasteiger partial charge in [0.25, 0.3) is 6.01 Å². The number of anilines is 1. The monoisotopic (exact) mass is 237 g/mol. The van der Waals surface area contributed by atoms with Gasteiger partial charge in [-0.3, -0.25) is 0 Å². The first-order chi connectivity index (χ1) is 8.29. The zero-order valence-electron chi connectivity index (χ0n) is 10.9. The molecule has 2 rings (SSSR count). The summed E-state index contributed by atoms with van der Waals surface area (Å²) < 4.78 is 5.48. The molecule has 0 aromatic carbocycles. The van der Waals surface area contributed by atoms with E-state index in [4.69, 9.17) is 4.42 Å². The predicted molar refractivity (Wildman–Crippen MR) is 69.2 cm³/mol. The Morgan fingerprint density at radius 2 is 2.29 bits per heavy atom. The lowest BCUT2D eigenvalue weighted by atomic mass is 10.2. The summed E-state index contributed by atoms with van der Waals surface area (Å²) in [6.07, 6.45) is 8.09. The third-order valence-corrected chi connectivity index (χ3v) is 3.11. The number of nitrogens with one attached hydrogen (secondary N) is 1. The Balaban J connectivity index is 1.75. The molecule has 1 aromatic rings. The number of nitrogens with zero attached hydrogens (tertiary/aromatic N) is 2. The molecule has 0 radical (unpaired) electrons. The summed E-state index contributed by atoms with van der Waals surface area (Å²) >= 11 is 0. The Bertz CT molecular complexity index is 333. The Labute approximate surface area is 103 Å². The Morgan fingerprint density at radius 3 is 3.00 bits per heavy atom. The molecule has 0 aliphatic heterocycles. The van der Waals surface area contributed by atoms with Crippen LogP contribution in [0.15, 0.2) is 10.7 Å². The van der Waals surface area contributed by atoms with Crippen LogP contribution < -0.4 is 10.2 Å². The van der Waals surface area contributed by atoms with E-state index in [2.05, 4.69) is 22.1 Å². The van der Waals surface area contributed by atoms with Crippen LogP contribution in [0.2, 0.25) is 0 Å². The molecule has 4 nitrogen and oxygen atoms in total. The van der Waals surface area contributed by atoms with Gasteiger partial charge in [-0.05, 0) is 19.3 Å². The quantitative estimate of drug-likeness (QED) is 0.705. The first-order valence-corrected chi connectivity index (χ1v) is 6.68. The summed E-state index contributed by atoms with van der Waals surface area (Å²) in [5.74, 6) is 0. The third kappa shape index (κ3) is 4.04. The number of hydrogen-bond acceptors (Lipinski definition) is 4. The first kappa shape index (κ1) is 12.4. The summed E-state index contributed by atoms with van der Waals surface area (Å²) in [5.41, 5.74) is 1.01. The minimum Gasteiger partial charge on any atom is -0.432 e. The van der Waals surface area contributed by atoms with Crippen molar-refractivity contribution >= 4 is 6.01 Å². The topological polar surface area (TPSA) is 41.3 Å². The van der Waals surface area contributed by atoms with Crippen LogP contribution in [0.5, 0.6) is 0 Å². The summed E-state index contributed by atoms with van der Waals surface area (Å²) in [5, 5.41) is 3.44. The largest absolute Gasteiger partial charge is 0.432 e. The maximum atomic E-state index is 5.48. The van der Waals surface area contributed by atoms with E-state index in [-0.39, 0.29) is 0 Å². The molecule has 1 aliphatic carbocycles. The van der Waals surface area contributed by atoms with E-state index in [1.165, 1.54) is 32.1 Å². The van der Waals surface area contributed by atoms with Gasteiger partial charge in [0.15, 0.2) is 0 Å². The van der Waals surface area contributed by atoms with Crippen molar-refractivity contribution in [2.45, 2.75) is 51.6 Å². The van der Waals surface area contributed by atoms with Crippen molar-refractivity contribution in [1.82, 2.24) is 10.3 Å². The number of unbranched alkanes of at least 4 members (excludes halogenated alkanes) is 2. The highest BCUT2D eigenvalue weighted by Crippen LogP contribution is 2.20. The fraction of sp³-hybridized carbons (Fsp3) is 0.769. The molecule has 0 bridgehead atoms. The van der Waals surface area contributed by atoms with Gasteiger partial charge in [-0.15, -0.1) is 0 Å². The highest BCUT2D eigenvalue weighted by atomic mass is 16.4. The highest BCUT2D eigenvalue weighted by molar-refractivity contribution is 5.25. The third-order valence-electron chi connectivity index (χ3n) is 3.11. The van der Waals surface area contributed by atoms with Gasteiger partial charge in [0.05, 0.1) is 5.69 Å². The average Bonchev–Trinajstić information content (AvgIpc) is 3.04. The fourth-order valence-corrected chi connectivity index (χ4v) is 1.78. The van der Waals surface area contributed by atoms with Crippen LogP contribution in [-0.2, 0) is 6.54 Å². The summed E-state index contributed by atoms with van der Waals surface area (Å²) in [6.45, 7) is 4.06. The fourth-order valence-electron chi connectivity index (χ4n) is 1.78. The van der Waals surface area contributed by atoms with Crippen molar-refractivity contribution in [2.24, 2.45) is 0 Å². The van der Waals surface area contributed by atoms with Crippen molar-refractivity contribution < 1.29 is 4.42 Å². The predicted octanol–water partition coefficient (Wildman–Crippen LogP) is 2.55. The van der Waals surface area contributed by atoms with Crippen LogP contribution >= 0.6 is 0 Å². The molecule has 1 heterocycles. The van der Waals surface area contributed by atoms with Crippen LogP contribution in [0.4, 0.5) is 6.01 Å². The van der Waals surface area contributed by atoms with Crippen LogP contribution in [0.1, 0.15) is 44.7 Å². The normalized spacial score (nSPS) is 15.2. The minimum atomic E-state index is 0.720. The van der Waals surface area contributed by atoms with Crippen molar-refractivity contribution in [3.63, 3.8) is 0 Å². The second kappa shape index (κ2) is 6.05. The number of rotatable bonds is 8. The van der Waals surface area contributed by atoms with Gasteiger partial charge in [0.1, 0.15) is 6.26 Å². The molecular weight excluding hydrogens is 214 g/mol. The zero-order valence-corrected chi connectivity index (χ0v) is 10.9. The summed E-state index contributed by atoms with van der Waals surface area (Å²) in [4.78, 5) is 6.58. The van der Waals surface area contributed by atoms with Crippen LogP contribution in [0, 0.1) is 0 Å². The van der Waals surface area contributed by atoms with Crippen LogP contribution in [-0.4, -0.2) is 24.6 Å². The maximum Gasteiger partial charge on any atom is 0.297 e. The molecule has 4 heteroatoms. The lowest BCUT2D eigenvalue weighted by molar-refractivity contribution is 0.537. The summed E-state index contributed by atoms with van der Waals surface area (Å²) in [7, 11) is 2.04. The number of aromatic nitrogens is 1. The zero-order chi connectivity index (χ0) is 12.1. The average molecular weight is 237 g/mol. The van der Waals surface area contributed by atoms with Gasteiger partial charge in [-0.2, -0.15) is 4.98 Å². The van der Waals surface area contributed by atoms with Crippen molar-refractivity contribution in [1.29, 1.82) is 0 Å². The van der Waals surface area contributed by atoms with Crippen LogP contribution in [0.3, 0.4) is 0 Å². The standard InChI is InChI=1S/C13H23N3O/c1-3-4-5-8-16(2)13-15-12(10-17-13)9-14-11-6-7-11/h10-11,14H,3-9H2,1-2H3. The molecule has 0 saturated heterocycles. The van der Waals surface area contributed by atoms with E-state index in [0.29, 0.717) is 0 Å². The van der Waals surface area contributed by atoms with Crippen LogP contribution in [0.25, 0.3) is 0 Å². The van der Waals surface area contributed by atoms with E-state index in [1.807, 2.05) is 7.05 Å². The summed E-state index contributed by atoms with van der Waals surface area (Å²) in [6, 6.07) is 1.46. The SMILES string of the molecule is CCCCCN(C)c1nc(CNC2CC2)co1. The van der Waals surface area contributed by atoms with E-state index in [9.17, 15) is 0 Å². The van der Waals surface area contributed by atoms with Gasteiger partial charge < -0.3 is 14.6 Å². The Kier molecular flexibility index (Phi) is 4.42. The molecule has 0 spiro atoms. The lowest BCUT2D eigenvalue weighted by Crippen LogP contribution is -2.19. The minimum absolute atomic E-state index is 0.720. The smallest absolute Gasteiger partial charge is 0.297 e. The van der Waals surface area contributed by atoms with Gasteiger partial charge in [-0.25, -0.2) is 0 Å². The molecule has 17 heavy (non-hydrogen) atoms. The molecule has 1 fully saturated rings. The highest BCUT2D eigenvalue weighted by Gasteiger charge is 2.20. The molecule has 0 unspecified atom stereocenters. The van der Waals surface area contributed by atoms with Crippen molar-refractivity contribution in [3.05, 3.63) is 12.0 Å². The molecule has 0 amide bonds. The Morgan fingerprint density at radius 1 is 1.47 bits per heavy atom. The van der Waals surface area contributed by atoms with Crippen molar-refractivity contribution in [2.75, 3.05) is 18.5 Å². The molecule has 1 aliphatic rings. The van der Waals surface area contributed by atoms with E-state index >= 15 is 0 Å². The molecular formula is C13H23N3O. The van der Waals surface area contributed by atoms with E-state index in [0.717, 1.165) is 30.8 Å². The molecule has 1 aromatic heterocycles. The number of oxazole rings is 1. The number of hydrogen-bond donors (Lipinski definition) is 1. The second-order valence-electron chi connectivity index (χ2n) is 4.91. The van der Waals surface area contributed by atoms with Crippen molar-refractivity contribution in [3.8, 4) is 0 Å². The Hall–Kier alpha value is -1.03. The van der Waals surface area contributed by atoms with Gasteiger partial charge >= 0.3 is 0 Å². The molecule has 1 N–H and O–H groups in total. The first-order valence-electron chi connectivity index (χ1n) is 6.68. The van der Waals surface area contributed by atoms with E-state index in [1.54, 1.807) is 6.26 Å². The molecule has 1 saturated carbocycles. The van der Waals surface area contributed by atoms with E-state index < -0.39 is 0 Å². The lowest BCUT2D eigenvalue weighted by Gasteiger charge is -2.13. The van der Waals surface area contributed by atoms with Gasteiger partial charge in [-0.1, -0.05) is 19.8 Å². The molecule has 0 atom stereocenters. The van der Waals surface area contributed by atoms with Gasteiger partial charge in [0.2, 0.25) is 0 Å².